The molecular formula is C13H16N2O4. The number of nitro groups is 1. The van der Waals surface area contributed by atoms with Crippen LogP contribution in [0.1, 0.15) is 12.0 Å². The lowest BCUT2D eigenvalue weighted by molar-refractivity contribution is -0.384. The molecule has 0 aliphatic rings. The Balaban J connectivity index is 2.49. The first-order chi connectivity index (χ1) is 9.13. The molecule has 0 fully saturated rings. The van der Waals surface area contributed by atoms with Gasteiger partial charge >= 0.3 is 0 Å². The summed E-state index contributed by atoms with van der Waals surface area (Å²) in [6, 6.07) is 6.09. The van der Waals surface area contributed by atoms with E-state index in [-0.39, 0.29) is 11.6 Å². The lowest BCUT2D eigenvalue weighted by Crippen LogP contribution is -2.22. The molecule has 1 N–H and O–H groups in total. The number of ether oxygens (including phenoxy) is 1. The molecular weight excluding hydrogens is 248 g/mol. The van der Waals surface area contributed by atoms with Gasteiger partial charge in [-0.05, 0) is 18.1 Å². The zero-order valence-corrected chi connectivity index (χ0v) is 10.7. The summed E-state index contributed by atoms with van der Waals surface area (Å²) < 4.78 is 4.86. The maximum Gasteiger partial charge on any atom is 0.270 e. The van der Waals surface area contributed by atoms with Crippen LogP contribution in [0.3, 0.4) is 0 Å². The SMILES string of the molecule is COCCCNC(=O)C=Cc1cccc([N+](=O)[O-])c1. The van der Waals surface area contributed by atoms with Crippen molar-refractivity contribution in [1.82, 2.24) is 5.32 Å². The fourth-order valence-electron chi connectivity index (χ4n) is 1.40. The standard InChI is InChI=1S/C13H16N2O4/c1-19-9-3-8-14-13(16)7-6-11-4-2-5-12(10-11)15(17)18/h2,4-7,10H,3,8-9H2,1H3,(H,14,16). The van der Waals surface area contributed by atoms with Gasteiger partial charge in [-0.2, -0.15) is 0 Å². The molecule has 0 unspecified atom stereocenters. The molecule has 1 amide bonds. The lowest BCUT2D eigenvalue weighted by atomic mass is 10.2. The van der Waals surface area contributed by atoms with Crippen molar-refractivity contribution < 1.29 is 14.5 Å². The third kappa shape index (κ3) is 5.78. The molecule has 6 heteroatoms. The minimum absolute atomic E-state index is 0.00246. The Morgan fingerprint density at radius 1 is 1.53 bits per heavy atom. The Kier molecular flexibility index (Phi) is 6.25. The zero-order valence-electron chi connectivity index (χ0n) is 10.7. The molecule has 0 bridgehead atoms. The summed E-state index contributed by atoms with van der Waals surface area (Å²) in [6.07, 6.45) is 3.64. The summed E-state index contributed by atoms with van der Waals surface area (Å²) in [4.78, 5) is 21.5. The number of hydrogen-bond acceptors (Lipinski definition) is 4. The van der Waals surface area contributed by atoms with E-state index in [1.165, 1.54) is 18.2 Å². The monoisotopic (exact) mass is 264 g/mol. The fraction of sp³-hybridized carbons (Fsp3) is 0.308. The van der Waals surface area contributed by atoms with Crippen molar-refractivity contribution in [3.8, 4) is 0 Å². The van der Waals surface area contributed by atoms with Crippen molar-refractivity contribution in [2.75, 3.05) is 20.3 Å². The normalized spacial score (nSPS) is 10.6. The van der Waals surface area contributed by atoms with Gasteiger partial charge in [0.05, 0.1) is 4.92 Å². The molecule has 0 spiro atoms. The highest BCUT2D eigenvalue weighted by atomic mass is 16.6. The lowest BCUT2D eigenvalue weighted by Gasteiger charge is -2.00. The minimum Gasteiger partial charge on any atom is -0.385 e. The van der Waals surface area contributed by atoms with Gasteiger partial charge in [-0.25, -0.2) is 0 Å². The van der Waals surface area contributed by atoms with Crippen LogP contribution in [0, 0.1) is 10.1 Å². The third-order valence-corrected chi connectivity index (χ3v) is 2.33. The Bertz CT molecular complexity index is 471. The summed E-state index contributed by atoms with van der Waals surface area (Å²) >= 11 is 0. The van der Waals surface area contributed by atoms with Crippen LogP contribution < -0.4 is 5.32 Å². The van der Waals surface area contributed by atoms with Crippen molar-refractivity contribution in [1.29, 1.82) is 0 Å². The molecule has 1 aromatic carbocycles. The number of rotatable bonds is 7. The molecule has 0 radical (unpaired) electrons. The second-order valence-corrected chi connectivity index (χ2v) is 3.82. The topological polar surface area (TPSA) is 81.5 Å². The van der Waals surface area contributed by atoms with E-state index in [2.05, 4.69) is 5.32 Å². The van der Waals surface area contributed by atoms with E-state index in [1.54, 1.807) is 25.3 Å². The number of carbonyl (C=O) groups excluding carboxylic acids is 1. The van der Waals surface area contributed by atoms with Crippen molar-refractivity contribution >= 4 is 17.7 Å². The smallest absolute Gasteiger partial charge is 0.270 e. The maximum atomic E-state index is 11.4. The minimum atomic E-state index is -0.470. The van der Waals surface area contributed by atoms with Gasteiger partial charge in [0, 0.05) is 38.5 Å². The van der Waals surface area contributed by atoms with Crippen LogP contribution in [0.15, 0.2) is 30.3 Å². The quantitative estimate of drug-likeness (QED) is 0.352. The second kappa shape index (κ2) is 7.99. The number of nitro benzene ring substituents is 1. The molecule has 0 aromatic heterocycles. The van der Waals surface area contributed by atoms with E-state index in [0.29, 0.717) is 18.7 Å². The molecule has 0 saturated carbocycles. The van der Waals surface area contributed by atoms with E-state index < -0.39 is 4.92 Å². The summed E-state index contributed by atoms with van der Waals surface area (Å²) in [6.45, 7) is 1.13. The average Bonchev–Trinajstić information content (AvgIpc) is 2.41. The highest BCUT2D eigenvalue weighted by Crippen LogP contribution is 2.13. The van der Waals surface area contributed by atoms with Crippen molar-refractivity contribution in [2.24, 2.45) is 0 Å². The number of nitrogens with one attached hydrogen (secondary N) is 1. The van der Waals surface area contributed by atoms with Gasteiger partial charge in [-0.15, -0.1) is 0 Å². The summed E-state index contributed by atoms with van der Waals surface area (Å²) in [5.41, 5.74) is 0.615. The predicted molar refractivity (Wildman–Crippen MR) is 71.6 cm³/mol. The zero-order chi connectivity index (χ0) is 14.1. The van der Waals surface area contributed by atoms with Crippen LogP contribution in [0.4, 0.5) is 5.69 Å². The van der Waals surface area contributed by atoms with Gasteiger partial charge < -0.3 is 10.1 Å². The van der Waals surface area contributed by atoms with Gasteiger partial charge in [0.1, 0.15) is 0 Å². The van der Waals surface area contributed by atoms with Gasteiger partial charge in [0.15, 0.2) is 0 Å². The average molecular weight is 264 g/mol. The molecule has 1 aromatic rings. The highest BCUT2D eigenvalue weighted by Gasteiger charge is 2.03. The fourth-order valence-corrected chi connectivity index (χ4v) is 1.40. The van der Waals surface area contributed by atoms with Crippen molar-refractivity contribution in [3.05, 3.63) is 46.0 Å². The number of non-ortho nitro benzene ring substituents is 1. The van der Waals surface area contributed by atoms with E-state index in [4.69, 9.17) is 4.74 Å². The van der Waals surface area contributed by atoms with Crippen LogP contribution in [-0.2, 0) is 9.53 Å². The van der Waals surface area contributed by atoms with Crippen LogP contribution in [0.2, 0.25) is 0 Å². The van der Waals surface area contributed by atoms with Gasteiger partial charge in [0.25, 0.3) is 5.69 Å². The molecule has 102 valence electrons. The first-order valence-electron chi connectivity index (χ1n) is 5.83. The molecule has 6 nitrogen and oxygen atoms in total. The van der Waals surface area contributed by atoms with E-state index in [1.807, 2.05) is 0 Å². The predicted octanol–water partition coefficient (Wildman–Crippen LogP) is 1.76. The second-order valence-electron chi connectivity index (χ2n) is 3.82. The largest absolute Gasteiger partial charge is 0.385 e. The molecule has 0 heterocycles. The Morgan fingerprint density at radius 2 is 2.32 bits per heavy atom. The molecule has 0 saturated heterocycles. The number of carbonyl (C=O) groups is 1. The first-order valence-corrected chi connectivity index (χ1v) is 5.83. The Morgan fingerprint density at radius 3 is 3.00 bits per heavy atom. The van der Waals surface area contributed by atoms with Gasteiger partial charge in [-0.1, -0.05) is 12.1 Å². The van der Waals surface area contributed by atoms with Crippen LogP contribution >= 0.6 is 0 Å². The number of benzene rings is 1. The van der Waals surface area contributed by atoms with Crippen LogP contribution in [0.25, 0.3) is 6.08 Å². The molecule has 19 heavy (non-hydrogen) atoms. The molecule has 0 aliphatic carbocycles. The number of nitrogens with zero attached hydrogens (tertiary/aromatic N) is 1. The van der Waals surface area contributed by atoms with Gasteiger partial charge in [-0.3, -0.25) is 14.9 Å². The summed E-state index contributed by atoms with van der Waals surface area (Å²) in [7, 11) is 1.60. The van der Waals surface area contributed by atoms with E-state index in [0.717, 1.165) is 6.42 Å². The maximum absolute atomic E-state index is 11.4. The number of amides is 1. The van der Waals surface area contributed by atoms with Gasteiger partial charge in [0.2, 0.25) is 5.91 Å². The highest BCUT2D eigenvalue weighted by molar-refractivity contribution is 5.91. The van der Waals surface area contributed by atoms with Crippen molar-refractivity contribution in [3.63, 3.8) is 0 Å². The number of hydrogen-bond donors (Lipinski definition) is 1. The van der Waals surface area contributed by atoms with Crippen LogP contribution in [-0.4, -0.2) is 31.1 Å². The van der Waals surface area contributed by atoms with E-state index >= 15 is 0 Å². The van der Waals surface area contributed by atoms with E-state index in [9.17, 15) is 14.9 Å². The molecule has 0 atom stereocenters. The summed E-state index contributed by atoms with van der Waals surface area (Å²) in [5.74, 6) is -0.234. The first kappa shape index (κ1) is 14.8. The molecule has 0 aliphatic heterocycles. The molecule has 1 rings (SSSR count). The Hall–Kier alpha value is -2.21. The van der Waals surface area contributed by atoms with Crippen LogP contribution in [0.5, 0.6) is 0 Å². The third-order valence-electron chi connectivity index (χ3n) is 2.33. The van der Waals surface area contributed by atoms with Crippen molar-refractivity contribution in [2.45, 2.75) is 6.42 Å². The summed E-state index contributed by atoms with van der Waals surface area (Å²) in [5, 5.41) is 13.3. The number of methoxy groups -OCH3 is 1. The Labute approximate surface area is 111 Å².